The van der Waals surface area contributed by atoms with E-state index in [0.29, 0.717) is 6.54 Å². The second-order valence-corrected chi connectivity index (χ2v) is 5.35. The molecule has 1 aliphatic heterocycles. The number of ether oxygens (including phenoxy) is 2. The second-order valence-electron chi connectivity index (χ2n) is 5.35. The van der Waals surface area contributed by atoms with Crippen LogP contribution in [0.2, 0.25) is 0 Å². The molecule has 0 aliphatic carbocycles. The highest BCUT2D eigenvalue weighted by molar-refractivity contribution is 5.93. The zero-order valence-electron chi connectivity index (χ0n) is 13.1. The minimum atomic E-state index is -4.42. The summed E-state index contributed by atoms with van der Waals surface area (Å²) in [5, 5.41) is 2.76. The van der Waals surface area contributed by atoms with Crippen LogP contribution in [0.15, 0.2) is 18.3 Å². The average molecular weight is 347 g/mol. The smallest absolute Gasteiger partial charge is 0.422 e. The largest absolute Gasteiger partial charge is 0.468 e. The molecular formula is C15H20F3N3O3. The molecule has 1 aromatic rings. The van der Waals surface area contributed by atoms with Gasteiger partial charge in [-0.05, 0) is 19.0 Å². The Morgan fingerprint density at radius 3 is 2.71 bits per heavy atom. The third kappa shape index (κ3) is 6.71. The monoisotopic (exact) mass is 347 g/mol. The lowest BCUT2D eigenvalue weighted by molar-refractivity contribution is -0.154. The lowest BCUT2D eigenvalue weighted by Crippen LogP contribution is -2.38. The summed E-state index contributed by atoms with van der Waals surface area (Å²) >= 11 is 0. The SMILES string of the molecule is O=C(NCCCN1CCOCC1)c1ccc(OCC(F)(F)F)nc1. The number of nitrogens with one attached hydrogen (secondary N) is 1. The maximum absolute atomic E-state index is 12.0. The van der Waals surface area contributed by atoms with Crippen LogP contribution in [-0.4, -0.2) is 68.0 Å². The predicted octanol–water partition coefficient (Wildman–Crippen LogP) is 1.47. The standard InChI is InChI=1S/C15H20F3N3O3/c16-15(17,18)11-24-13-3-2-12(10-20-13)14(22)19-4-1-5-21-6-8-23-9-7-21/h2-3,10H,1,4-9,11H2,(H,19,22). The first-order valence-electron chi connectivity index (χ1n) is 7.68. The second kappa shape index (κ2) is 8.84. The van der Waals surface area contributed by atoms with Crippen LogP contribution in [0, 0.1) is 0 Å². The van der Waals surface area contributed by atoms with Gasteiger partial charge in [0.25, 0.3) is 5.91 Å². The van der Waals surface area contributed by atoms with Crippen molar-refractivity contribution in [3.63, 3.8) is 0 Å². The Labute approximate surface area is 137 Å². The van der Waals surface area contributed by atoms with E-state index in [1.807, 2.05) is 0 Å². The van der Waals surface area contributed by atoms with Crippen molar-refractivity contribution in [2.24, 2.45) is 0 Å². The van der Waals surface area contributed by atoms with Gasteiger partial charge in [-0.1, -0.05) is 0 Å². The third-order valence-corrected chi connectivity index (χ3v) is 3.42. The Bertz CT molecular complexity index is 517. The molecule has 0 aromatic carbocycles. The molecule has 1 saturated heterocycles. The molecule has 0 unspecified atom stereocenters. The number of morpholine rings is 1. The summed E-state index contributed by atoms with van der Waals surface area (Å²) in [5.74, 6) is -0.483. The molecule has 0 bridgehead atoms. The normalized spacial score (nSPS) is 16.0. The first-order valence-corrected chi connectivity index (χ1v) is 7.68. The van der Waals surface area contributed by atoms with Gasteiger partial charge in [-0.2, -0.15) is 13.2 Å². The Morgan fingerprint density at radius 2 is 2.08 bits per heavy atom. The van der Waals surface area contributed by atoms with Gasteiger partial charge in [0.05, 0.1) is 18.8 Å². The molecule has 6 nitrogen and oxygen atoms in total. The Hall–Kier alpha value is -1.87. The number of hydrogen-bond acceptors (Lipinski definition) is 5. The fourth-order valence-electron chi connectivity index (χ4n) is 2.19. The highest BCUT2D eigenvalue weighted by Gasteiger charge is 2.28. The molecule has 24 heavy (non-hydrogen) atoms. The van der Waals surface area contributed by atoms with Gasteiger partial charge in [-0.15, -0.1) is 0 Å². The molecule has 2 heterocycles. The van der Waals surface area contributed by atoms with Crippen LogP contribution in [0.25, 0.3) is 0 Å². The molecule has 0 radical (unpaired) electrons. The summed E-state index contributed by atoms with van der Waals surface area (Å²) in [6.07, 6.45) is -2.41. The molecule has 0 saturated carbocycles. The van der Waals surface area contributed by atoms with E-state index in [1.54, 1.807) is 0 Å². The van der Waals surface area contributed by atoms with Crippen LogP contribution in [0.1, 0.15) is 16.8 Å². The summed E-state index contributed by atoms with van der Waals surface area (Å²) in [6, 6.07) is 2.63. The summed E-state index contributed by atoms with van der Waals surface area (Å²) in [7, 11) is 0. The van der Waals surface area contributed by atoms with Crippen LogP contribution < -0.4 is 10.1 Å². The number of rotatable bonds is 7. The summed E-state index contributed by atoms with van der Waals surface area (Å²) in [6.45, 7) is 3.26. The summed E-state index contributed by atoms with van der Waals surface area (Å²) in [5.41, 5.74) is 0.278. The lowest BCUT2D eigenvalue weighted by atomic mass is 10.2. The minimum Gasteiger partial charge on any atom is -0.468 e. The van der Waals surface area contributed by atoms with Crippen molar-refractivity contribution in [3.8, 4) is 5.88 Å². The maximum atomic E-state index is 12.0. The van der Waals surface area contributed by atoms with E-state index in [1.165, 1.54) is 18.3 Å². The molecule has 0 atom stereocenters. The first-order chi connectivity index (χ1) is 11.4. The van der Waals surface area contributed by atoms with Gasteiger partial charge < -0.3 is 14.8 Å². The lowest BCUT2D eigenvalue weighted by Gasteiger charge is -2.26. The van der Waals surface area contributed by atoms with Gasteiger partial charge in [0.2, 0.25) is 5.88 Å². The molecule has 0 spiro atoms. The van der Waals surface area contributed by atoms with Crippen molar-refractivity contribution < 1.29 is 27.4 Å². The topological polar surface area (TPSA) is 63.7 Å². The molecule has 1 amide bonds. The zero-order valence-corrected chi connectivity index (χ0v) is 13.1. The van der Waals surface area contributed by atoms with Crippen molar-refractivity contribution >= 4 is 5.91 Å². The first kappa shape index (κ1) is 18.5. The van der Waals surface area contributed by atoms with E-state index in [9.17, 15) is 18.0 Å². The van der Waals surface area contributed by atoms with E-state index < -0.39 is 12.8 Å². The summed E-state index contributed by atoms with van der Waals surface area (Å²) in [4.78, 5) is 17.9. The van der Waals surface area contributed by atoms with Crippen LogP contribution in [-0.2, 0) is 4.74 Å². The Kier molecular flexibility index (Phi) is 6.80. The fraction of sp³-hybridized carbons (Fsp3) is 0.600. The average Bonchev–Trinajstić information content (AvgIpc) is 2.57. The number of pyridine rings is 1. The van der Waals surface area contributed by atoms with Gasteiger partial charge in [-0.25, -0.2) is 4.98 Å². The van der Waals surface area contributed by atoms with Crippen LogP contribution in [0.5, 0.6) is 5.88 Å². The molecule has 134 valence electrons. The number of amides is 1. The highest BCUT2D eigenvalue weighted by Crippen LogP contribution is 2.17. The van der Waals surface area contributed by atoms with E-state index in [4.69, 9.17) is 4.74 Å². The molecular weight excluding hydrogens is 327 g/mol. The zero-order chi connectivity index (χ0) is 17.4. The maximum Gasteiger partial charge on any atom is 0.422 e. The molecule has 1 aromatic heterocycles. The molecule has 1 N–H and O–H groups in total. The number of hydrogen-bond donors (Lipinski definition) is 1. The molecule has 2 rings (SSSR count). The fourth-order valence-corrected chi connectivity index (χ4v) is 2.19. The highest BCUT2D eigenvalue weighted by atomic mass is 19.4. The Balaban J connectivity index is 1.68. The molecule has 1 fully saturated rings. The van der Waals surface area contributed by atoms with Gasteiger partial charge >= 0.3 is 6.18 Å². The third-order valence-electron chi connectivity index (χ3n) is 3.42. The van der Waals surface area contributed by atoms with Crippen molar-refractivity contribution in [1.82, 2.24) is 15.2 Å². The van der Waals surface area contributed by atoms with Crippen molar-refractivity contribution in [3.05, 3.63) is 23.9 Å². The predicted molar refractivity (Wildman–Crippen MR) is 80.0 cm³/mol. The van der Waals surface area contributed by atoms with Crippen molar-refractivity contribution in [2.45, 2.75) is 12.6 Å². The quantitative estimate of drug-likeness (QED) is 0.757. The van der Waals surface area contributed by atoms with Crippen molar-refractivity contribution in [1.29, 1.82) is 0 Å². The van der Waals surface area contributed by atoms with Crippen LogP contribution in [0.3, 0.4) is 0 Å². The van der Waals surface area contributed by atoms with E-state index in [0.717, 1.165) is 39.3 Å². The van der Waals surface area contributed by atoms with Gasteiger partial charge in [0, 0.05) is 31.9 Å². The number of nitrogens with zero attached hydrogens (tertiary/aromatic N) is 2. The number of carbonyl (C=O) groups excluding carboxylic acids is 1. The van der Waals surface area contributed by atoms with Crippen LogP contribution in [0.4, 0.5) is 13.2 Å². The van der Waals surface area contributed by atoms with Gasteiger partial charge in [0.15, 0.2) is 6.61 Å². The molecule has 1 aliphatic rings. The number of aromatic nitrogens is 1. The van der Waals surface area contributed by atoms with Gasteiger partial charge in [-0.3, -0.25) is 9.69 Å². The van der Waals surface area contributed by atoms with Gasteiger partial charge in [0.1, 0.15) is 0 Å². The molecule has 9 heteroatoms. The number of alkyl halides is 3. The van der Waals surface area contributed by atoms with E-state index in [2.05, 4.69) is 19.9 Å². The van der Waals surface area contributed by atoms with Crippen molar-refractivity contribution in [2.75, 3.05) is 46.0 Å². The van der Waals surface area contributed by atoms with Crippen LogP contribution >= 0.6 is 0 Å². The summed E-state index contributed by atoms with van der Waals surface area (Å²) < 4.78 is 45.8. The Morgan fingerprint density at radius 1 is 1.33 bits per heavy atom. The number of halogens is 3. The van der Waals surface area contributed by atoms with E-state index in [-0.39, 0.29) is 17.4 Å². The number of carbonyl (C=O) groups is 1. The van der Waals surface area contributed by atoms with E-state index >= 15 is 0 Å². The minimum absolute atomic E-state index is 0.170.